The lowest BCUT2D eigenvalue weighted by Gasteiger charge is -2.08. The monoisotopic (exact) mass is 478 g/mol. The zero-order chi connectivity index (χ0) is 24.2. The van der Waals surface area contributed by atoms with Crippen LogP contribution < -0.4 is 0 Å². The fourth-order valence-electron chi connectivity index (χ4n) is 2.45. The summed E-state index contributed by atoms with van der Waals surface area (Å²) in [5.41, 5.74) is 0. The van der Waals surface area contributed by atoms with E-state index >= 15 is 0 Å². The van der Waals surface area contributed by atoms with Gasteiger partial charge in [-0.25, -0.2) is 0 Å². The zero-order valence-corrected chi connectivity index (χ0v) is 20.8. The van der Waals surface area contributed by atoms with E-state index in [0.29, 0.717) is 78.5 Å². The Labute approximate surface area is 199 Å². The first-order valence-corrected chi connectivity index (χ1v) is 12.4. The fourth-order valence-corrected chi connectivity index (χ4v) is 2.45. The molecule has 33 heavy (non-hydrogen) atoms. The minimum Gasteiger partial charge on any atom is -0.463 e. The summed E-state index contributed by atoms with van der Waals surface area (Å²) in [6, 6.07) is 0. The van der Waals surface area contributed by atoms with E-state index in [0.717, 1.165) is 38.9 Å². The molecule has 0 aliphatic heterocycles. The Bertz CT molecular complexity index is 394. The summed E-state index contributed by atoms with van der Waals surface area (Å²) < 4.78 is 37.0. The Morgan fingerprint density at radius 3 is 1.12 bits per heavy atom. The molecule has 9 nitrogen and oxygen atoms in total. The number of hydrogen-bond donors (Lipinski definition) is 0. The molecule has 0 heterocycles. The molecule has 0 radical (unpaired) electrons. The molecule has 0 aliphatic carbocycles. The van der Waals surface area contributed by atoms with E-state index in [-0.39, 0.29) is 25.2 Å². The molecule has 0 aliphatic rings. The van der Waals surface area contributed by atoms with E-state index < -0.39 is 0 Å². The maximum atomic E-state index is 11.6. The van der Waals surface area contributed by atoms with Crippen LogP contribution in [0.4, 0.5) is 0 Å². The van der Waals surface area contributed by atoms with Gasteiger partial charge in [0, 0.05) is 39.3 Å². The number of ether oxygens (including phenoxy) is 7. The first-order chi connectivity index (χ1) is 16.2. The van der Waals surface area contributed by atoms with E-state index in [9.17, 15) is 9.59 Å². The molecular weight excluding hydrogens is 432 g/mol. The van der Waals surface area contributed by atoms with Crippen LogP contribution >= 0.6 is 0 Å². The van der Waals surface area contributed by atoms with Crippen molar-refractivity contribution >= 4 is 11.9 Å². The van der Waals surface area contributed by atoms with Crippen LogP contribution in [0.25, 0.3) is 0 Å². The molecule has 0 bridgehead atoms. The summed E-state index contributed by atoms with van der Waals surface area (Å²) in [6.07, 6.45) is 6.09. The zero-order valence-electron chi connectivity index (χ0n) is 20.8. The topological polar surface area (TPSA) is 98.8 Å². The van der Waals surface area contributed by atoms with Gasteiger partial charge in [0.05, 0.1) is 39.6 Å². The highest BCUT2D eigenvalue weighted by Gasteiger charge is 2.05. The second-order valence-corrected chi connectivity index (χ2v) is 7.42. The smallest absolute Gasteiger partial charge is 0.305 e. The molecule has 0 N–H and O–H groups in total. The van der Waals surface area contributed by atoms with Crippen molar-refractivity contribution in [1.29, 1.82) is 0 Å². The summed E-state index contributed by atoms with van der Waals surface area (Å²) in [4.78, 5) is 23.2. The van der Waals surface area contributed by atoms with Crippen LogP contribution in [0.5, 0.6) is 0 Å². The lowest BCUT2D eigenvalue weighted by atomic mass is 10.3. The van der Waals surface area contributed by atoms with Crippen LogP contribution in [0.1, 0.15) is 65.2 Å². The summed E-state index contributed by atoms with van der Waals surface area (Å²) in [6.45, 7) is 10.0. The molecular formula is C24H46O9. The first-order valence-electron chi connectivity index (χ1n) is 12.4. The van der Waals surface area contributed by atoms with E-state index in [1.165, 1.54) is 0 Å². The molecule has 0 rings (SSSR count). The number of carbonyl (C=O) groups excluding carboxylic acids is 2. The van der Waals surface area contributed by atoms with Crippen LogP contribution in [-0.4, -0.2) is 91.2 Å². The second-order valence-electron chi connectivity index (χ2n) is 7.42. The summed E-state index contributed by atoms with van der Waals surface area (Å²) in [5, 5.41) is 0. The van der Waals surface area contributed by atoms with E-state index in [4.69, 9.17) is 33.2 Å². The summed E-state index contributed by atoms with van der Waals surface area (Å²) in [7, 11) is 0. The highest BCUT2D eigenvalue weighted by atomic mass is 16.6. The SMILES string of the molecule is CCCCOCCOCCOC(=O)CCCOCCCC(=O)OCCOCCOCCCC. The van der Waals surface area contributed by atoms with Crippen LogP contribution in [-0.2, 0) is 42.7 Å². The van der Waals surface area contributed by atoms with Crippen molar-refractivity contribution in [2.75, 3.05) is 79.3 Å². The van der Waals surface area contributed by atoms with Gasteiger partial charge in [-0.3, -0.25) is 9.59 Å². The van der Waals surface area contributed by atoms with Crippen LogP contribution in [0.15, 0.2) is 0 Å². The second kappa shape index (κ2) is 27.0. The lowest BCUT2D eigenvalue weighted by Crippen LogP contribution is -2.14. The van der Waals surface area contributed by atoms with E-state index in [1.807, 2.05) is 0 Å². The van der Waals surface area contributed by atoms with Crippen molar-refractivity contribution in [1.82, 2.24) is 0 Å². The predicted molar refractivity (Wildman–Crippen MR) is 124 cm³/mol. The van der Waals surface area contributed by atoms with Gasteiger partial charge < -0.3 is 33.2 Å². The molecule has 0 fully saturated rings. The summed E-state index contributed by atoms with van der Waals surface area (Å²) >= 11 is 0. The van der Waals surface area contributed by atoms with Gasteiger partial charge in [-0.15, -0.1) is 0 Å². The first kappa shape index (κ1) is 31.7. The van der Waals surface area contributed by atoms with Gasteiger partial charge in [0.2, 0.25) is 0 Å². The van der Waals surface area contributed by atoms with Gasteiger partial charge in [0.15, 0.2) is 0 Å². The maximum Gasteiger partial charge on any atom is 0.305 e. The molecule has 0 saturated heterocycles. The Hall–Kier alpha value is -1.26. The maximum absolute atomic E-state index is 11.6. The van der Waals surface area contributed by atoms with Crippen LogP contribution in [0.3, 0.4) is 0 Å². The number of unbranched alkanes of at least 4 members (excludes halogenated alkanes) is 2. The Morgan fingerprint density at radius 2 is 0.727 bits per heavy atom. The average molecular weight is 479 g/mol. The Morgan fingerprint density at radius 1 is 0.424 bits per heavy atom. The quantitative estimate of drug-likeness (QED) is 0.137. The molecule has 0 unspecified atom stereocenters. The minimum absolute atomic E-state index is 0.245. The summed E-state index contributed by atoms with van der Waals surface area (Å²) in [5.74, 6) is -0.528. The van der Waals surface area contributed by atoms with Crippen LogP contribution in [0, 0.1) is 0 Å². The standard InChI is InChI=1S/C24H46O9/c1-3-5-11-28-15-17-30-19-21-32-23(25)9-7-13-27-14-8-10-24(26)33-22-20-31-18-16-29-12-6-4-2/h3-22H2,1-2H3. The van der Waals surface area contributed by atoms with Gasteiger partial charge >= 0.3 is 11.9 Å². The molecule has 9 heteroatoms. The van der Waals surface area contributed by atoms with Gasteiger partial charge in [-0.1, -0.05) is 26.7 Å². The van der Waals surface area contributed by atoms with Gasteiger partial charge in [-0.2, -0.15) is 0 Å². The number of rotatable bonds is 26. The molecule has 0 saturated carbocycles. The van der Waals surface area contributed by atoms with E-state index in [2.05, 4.69) is 13.8 Å². The minimum atomic E-state index is -0.264. The normalized spacial score (nSPS) is 11.0. The molecule has 0 aromatic rings. The molecule has 0 aromatic carbocycles. The predicted octanol–water partition coefficient (Wildman–Crippen LogP) is 3.32. The molecule has 0 atom stereocenters. The highest BCUT2D eigenvalue weighted by molar-refractivity contribution is 5.69. The lowest BCUT2D eigenvalue weighted by molar-refractivity contribution is -0.146. The third kappa shape index (κ3) is 26.9. The van der Waals surface area contributed by atoms with E-state index in [1.54, 1.807) is 0 Å². The third-order valence-electron chi connectivity index (χ3n) is 4.35. The fraction of sp³-hybridized carbons (Fsp3) is 0.917. The molecule has 0 amide bonds. The van der Waals surface area contributed by atoms with Crippen molar-refractivity contribution in [3.8, 4) is 0 Å². The van der Waals surface area contributed by atoms with Gasteiger partial charge in [-0.05, 0) is 25.7 Å². The van der Waals surface area contributed by atoms with Crippen molar-refractivity contribution in [2.45, 2.75) is 65.2 Å². The van der Waals surface area contributed by atoms with Crippen molar-refractivity contribution in [2.24, 2.45) is 0 Å². The largest absolute Gasteiger partial charge is 0.463 e. The molecule has 196 valence electrons. The Balaban J connectivity index is 3.26. The number of esters is 2. The van der Waals surface area contributed by atoms with Crippen molar-refractivity contribution in [3.63, 3.8) is 0 Å². The highest BCUT2D eigenvalue weighted by Crippen LogP contribution is 1.98. The van der Waals surface area contributed by atoms with Gasteiger partial charge in [0.1, 0.15) is 13.2 Å². The number of carbonyl (C=O) groups is 2. The average Bonchev–Trinajstić information content (AvgIpc) is 2.81. The molecule has 0 spiro atoms. The Kier molecular flexibility index (Phi) is 26.0. The van der Waals surface area contributed by atoms with Crippen molar-refractivity contribution < 1.29 is 42.7 Å². The van der Waals surface area contributed by atoms with Crippen molar-refractivity contribution in [3.05, 3.63) is 0 Å². The van der Waals surface area contributed by atoms with Crippen LogP contribution in [0.2, 0.25) is 0 Å². The number of hydrogen-bond acceptors (Lipinski definition) is 9. The van der Waals surface area contributed by atoms with Gasteiger partial charge in [0.25, 0.3) is 0 Å². The third-order valence-corrected chi connectivity index (χ3v) is 4.35. The molecule has 0 aromatic heterocycles.